The summed E-state index contributed by atoms with van der Waals surface area (Å²) in [5.74, 6) is -7.18. The number of H-pyrrole nitrogens is 1. The highest BCUT2D eigenvalue weighted by atomic mass is 19.3. The second-order valence-electron chi connectivity index (χ2n) is 12.4. The Morgan fingerprint density at radius 2 is 1.77 bits per heavy atom. The number of hydrogen-bond donors (Lipinski definition) is 1. The number of aryl methyl sites for hydroxylation is 1. The van der Waals surface area contributed by atoms with Crippen LogP contribution in [0.15, 0.2) is 54.7 Å². The van der Waals surface area contributed by atoms with Crippen molar-refractivity contribution >= 4 is 28.7 Å². The fourth-order valence-corrected chi connectivity index (χ4v) is 7.22. The van der Waals surface area contributed by atoms with Crippen LogP contribution in [-0.4, -0.2) is 95.5 Å². The predicted octanol–water partition coefficient (Wildman–Crippen LogP) is 4.50. The van der Waals surface area contributed by atoms with Crippen LogP contribution in [0.3, 0.4) is 0 Å². The highest BCUT2D eigenvalue weighted by Gasteiger charge is 2.62. The number of aromatic nitrogens is 1. The maximum absolute atomic E-state index is 14.1. The zero-order valence-electron chi connectivity index (χ0n) is 25.5. The lowest BCUT2D eigenvalue weighted by atomic mass is 9.85. The van der Waals surface area contributed by atoms with Crippen LogP contribution in [0.25, 0.3) is 10.9 Å². The number of alkyl halides is 4. The van der Waals surface area contributed by atoms with Crippen molar-refractivity contribution in [3.63, 3.8) is 0 Å². The van der Waals surface area contributed by atoms with Crippen LogP contribution in [-0.2, 0) is 25.7 Å². The number of carbonyl (C=O) groups is 3. The Kier molecular flexibility index (Phi) is 7.84. The Hall–Kier alpha value is -4.27. The number of rotatable bonds is 9. The molecule has 3 aromatic rings. The molecular weight excluding hydrogens is 624 g/mol. The molecule has 0 spiro atoms. The van der Waals surface area contributed by atoms with Crippen molar-refractivity contribution in [3.8, 4) is 5.75 Å². The van der Waals surface area contributed by atoms with Gasteiger partial charge in [0.15, 0.2) is 0 Å². The third kappa shape index (κ3) is 5.37. The lowest BCUT2D eigenvalue weighted by Gasteiger charge is -2.42. The summed E-state index contributed by atoms with van der Waals surface area (Å²) >= 11 is 0. The average molecular weight is 659 g/mol. The number of hydrogen-bond acceptors (Lipinski definition) is 8. The smallest absolute Gasteiger partial charge is 0.363 e. The summed E-state index contributed by atoms with van der Waals surface area (Å²) in [5, 5.41) is 1.46. The van der Waals surface area contributed by atoms with Crippen molar-refractivity contribution in [2.75, 3.05) is 33.3 Å². The first-order chi connectivity index (χ1) is 22.5. The summed E-state index contributed by atoms with van der Waals surface area (Å²) < 4.78 is 65.8. The van der Waals surface area contributed by atoms with Gasteiger partial charge in [0.1, 0.15) is 5.75 Å². The van der Waals surface area contributed by atoms with Crippen molar-refractivity contribution in [1.29, 1.82) is 0 Å². The van der Waals surface area contributed by atoms with Gasteiger partial charge < -0.3 is 19.3 Å². The third-order valence-electron chi connectivity index (χ3n) is 9.60. The van der Waals surface area contributed by atoms with E-state index in [4.69, 9.17) is 14.3 Å². The van der Waals surface area contributed by atoms with E-state index in [1.54, 1.807) is 31.4 Å². The molecule has 1 aromatic heterocycles. The minimum absolute atomic E-state index is 0. The van der Waals surface area contributed by atoms with Crippen molar-refractivity contribution in [1.82, 2.24) is 19.8 Å². The number of benzene rings is 2. The molecular formula is C33H34F4N4O6. The Labute approximate surface area is 268 Å². The van der Waals surface area contributed by atoms with E-state index in [1.807, 2.05) is 25.3 Å². The zero-order chi connectivity index (χ0) is 33.2. The van der Waals surface area contributed by atoms with Crippen molar-refractivity contribution in [3.05, 3.63) is 77.0 Å². The van der Waals surface area contributed by atoms with E-state index in [-0.39, 0.29) is 20.1 Å². The molecule has 3 fully saturated rings. The molecule has 47 heavy (non-hydrogen) atoms. The highest BCUT2D eigenvalue weighted by molar-refractivity contribution is 6.07. The molecule has 0 aliphatic carbocycles. The molecule has 250 valence electrons. The summed E-state index contributed by atoms with van der Waals surface area (Å²) in [6, 6.07) is 9.50. The second-order valence-corrected chi connectivity index (χ2v) is 12.4. The van der Waals surface area contributed by atoms with Crippen LogP contribution in [0.5, 0.6) is 5.75 Å². The van der Waals surface area contributed by atoms with Gasteiger partial charge in [0, 0.05) is 56.3 Å². The van der Waals surface area contributed by atoms with Crippen LogP contribution >= 0.6 is 0 Å². The molecule has 7 rings (SSSR count). The predicted molar refractivity (Wildman–Crippen MR) is 161 cm³/mol. The van der Waals surface area contributed by atoms with E-state index in [0.29, 0.717) is 29.5 Å². The quantitative estimate of drug-likeness (QED) is 0.204. The molecule has 5 atom stereocenters. The number of aromatic amines is 1. The fraction of sp³-hybridized carbons (Fsp3) is 0.424. The van der Waals surface area contributed by atoms with Gasteiger partial charge >= 0.3 is 18.3 Å². The Balaban J connectivity index is 0.00000401. The molecule has 5 heterocycles. The van der Waals surface area contributed by atoms with Gasteiger partial charge in [-0.3, -0.25) is 19.4 Å². The topological polar surface area (TPSA) is 104 Å². The lowest BCUT2D eigenvalue weighted by Crippen LogP contribution is -2.52. The molecule has 2 bridgehead atoms. The van der Waals surface area contributed by atoms with Crippen molar-refractivity contribution < 1.29 is 47.7 Å². The van der Waals surface area contributed by atoms with Gasteiger partial charge in [0.25, 0.3) is 11.8 Å². The fourth-order valence-electron chi connectivity index (χ4n) is 7.22. The van der Waals surface area contributed by atoms with Gasteiger partial charge in [0.2, 0.25) is 0 Å². The minimum atomic E-state index is -4.18. The molecule has 10 nitrogen and oxygen atoms in total. The highest BCUT2D eigenvalue weighted by Crippen LogP contribution is 2.45. The third-order valence-corrected chi connectivity index (χ3v) is 9.60. The van der Waals surface area contributed by atoms with Gasteiger partial charge in [0.05, 0.1) is 43.3 Å². The first-order valence-electron chi connectivity index (χ1n) is 15.3. The number of nitrogens with zero attached hydrogens (tertiary/aromatic N) is 3. The van der Waals surface area contributed by atoms with E-state index in [9.17, 15) is 31.9 Å². The van der Waals surface area contributed by atoms with Crippen LogP contribution in [0.4, 0.5) is 17.6 Å². The molecule has 4 aliphatic heterocycles. The summed E-state index contributed by atoms with van der Waals surface area (Å²) in [6.45, 7) is 1.67. The number of hydroxylamine groups is 2. The number of nitrogens with one attached hydrogen (secondary N) is 1. The molecule has 2 amide bonds. The average Bonchev–Trinajstić information content (AvgIpc) is 3.85. The summed E-state index contributed by atoms with van der Waals surface area (Å²) in [4.78, 5) is 50.7. The monoisotopic (exact) mass is 658 g/mol. The number of piperazine rings is 1. The number of carbonyl (C=O) groups excluding carboxylic acids is 3. The SMILES string of the molecule is COc1cc(C)c2[nH]ccc2c1CN1CCN(CC(F)(F)C(F)F)CC1c1ccc(C(=O)ON2C(=O)C3C4C=CC(O4)C3C2=O)cc1.[HH]. The van der Waals surface area contributed by atoms with Crippen molar-refractivity contribution in [2.24, 2.45) is 11.8 Å². The van der Waals surface area contributed by atoms with Crippen LogP contribution < -0.4 is 4.74 Å². The molecule has 0 radical (unpaired) electrons. The molecule has 1 N–H and O–H groups in total. The van der Waals surface area contributed by atoms with Crippen LogP contribution in [0.1, 0.15) is 34.5 Å². The maximum Gasteiger partial charge on any atom is 0.363 e. The van der Waals surface area contributed by atoms with Gasteiger partial charge in [-0.25, -0.2) is 13.6 Å². The molecule has 0 saturated carbocycles. The number of methoxy groups -OCH3 is 1. The summed E-state index contributed by atoms with van der Waals surface area (Å²) in [7, 11) is 1.57. The normalized spacial score (nSPS) is 26.2. The maximum atomic E-state index is 14.1. The molecule has 5 unspecified atom stereocenters. The number of amides is 2. The Morgan fingerprint density at radius 1 is 1.09 bits per heavy atom. The number of fused-ring (bicyclic) bond motifs is 6. The largest absolute Gasteiger partial charge is 0.496 e. The Bertz CT molecular complexity index is 1740. The number of imide groups is 1. The van der Waals surface area contributed by atoms with E-state index in [1.165, 1.54) is 17.0 Å². The van der Waals surface area contributed by atoms with E-state index >= 15 is 0 Å². The summed E-state index contributed by atoms with van der Waals surface area (Å²) in [6.07, 6.45) is 0.413. The Morgan fingerprint density at radius 3 is 2.40 bits per heavy atom. The van der Waals surface area contributed by atoms with E-state index < -0.39 is 66.8 Å². The standard InChI is InChI=1S/C33H32F4N4O6.H2/c1-17-13-25(45-2)21(20-9-10-38-28(17)20)14-40-12-11-39(16-33(36,37)32(34)35)15-22(40)18-3-5-19(6-4-18)31(44)47-41-29(42)26-23-7-8-24(46-23)27(26)30(41)43;/h3-10,13,22-24,26-27,32,38H,11-12,14-16H2,1-2H3;1H. The van der Waals surface area contributed by atoms with Gasteiger partial charge in [-0.1, -0.05) is 24.3 Å². The van der Waals surface area contributed by atoms with Crippen molar-refractivity contribution in [2.45, 2.75) is 44.1 Å². The molecule has 2 aromatic carbocycles. The van der Waals surface area contributed by atoms with Gasteiger partial charge in [-0.05, 0) is 42.3 Å². The molecule has 3 saturated heterocycles. The van der Waals surface area contributed by atoms with Gasteiger partial charge in [-0.2, -0.15) is 8.78 Å². The first kappa shape index (κ1) is 31.3. The van der Waals surface area contributed by atoms with E-state index in [0.717, 1.165) is 22.0 Å². The molecule has 14 heteroatoms. The van der Waals surface area contributed by atoms with E-state index in [2.05, 4.69) is 9.88 Å². The number of halogens is 4. The van der Waals surface area contributed by atoms with Gasteiger partial charge in [-0.15, -0.1) is 5.06 Å². The zero-order valence-corrected chi connectivity index (χ0v) is 25.5. The van der Waals surface area contributed by atoms with Crippen LogP contribution in [0.2, 0.25) is 0 Å². The first-order valence-corrected chi connectivity index (χ1v) is 15.3. The second kappa shape index (κ2) is 11.8. The summed E-state index contributed by atoms with van der Waals surface area (Å²) in [5.41, 5.74) is 3.50. The lowest BCUT2D eigenvalue weighted by molar-refractivity contribution is -0.177. The number of ether oxygens (including phenoxy) is 2. The molecule has 4 aliphatic rings. The minimum Gasteiger partial charge on any atom is -0.496 e. The van der Waals surface area contributed by atoms with Crippen LogP contribution in [0, 0.1) is 18.8 Å².